The molecule has 17 heavy (non-hydrogen) atoms. The number of aromatic nitrogens is 3. The smallest absolute Gasteiger partial charge is 0.325 e. The molecule has 0 amide bonds. The van der Waals surface area contributed by atoms with Crippen molar-refractivity contribution in [1.82, 2.24) is 15.0 Å². The van der Waals surface area contributed by atoms with Gasteiger partial charge in [-0.1, -0.05) is 12.8 Å². The molecule has 0 bridgehead atoms. The average molecular weight is 256 g/mol. The van der Waals surface area contributed by atoms with Gasteiger partial charge in [-0.3, -0.25) is 0 Å². The average Bonchev–Trinajstić information content (AvgIpc) is 2.25. The summed E-state index contributed by atoms with van der Waals surface area (Å²) in [5, 5.41) is 0.00826. The van der Waals surface area contributed by atoms with Gasteiger partial charge in [0.15, 0.2) is 5.60 Å². The second kappa shape index (κ2) is 5.69. The number of hydrogen-bond donors (Lipinski definition) is 0. The first-order valence-electron chi connectivity index (χ1n) is 5.18. The largest absolute Gasteiger partial charge is 0.463 e. The van der Waals surface area contributed by atoms with Gasteiger partial charge in [0.1, 0.15) is 0 Å². The van der Waals surface area contributed by atoms with Gasteiger partial charge >= 0.3 is 12.0 Å². The number of rotatable bonds is 5. The number of nitrogens with zero attached hydrogens (tertiary/aromatic N) is 3. The summed E-state index contributed by atoms with van der Waals surface area (Å²) in [6, 6.07) is 0.189. The van der Waals surface area contributed by atoms with Crippen LogP contribution in [0.15, 0.2) is 0 Å². The van der Waals surface area contributed by atoms with E-state index in [0.717, 1.165) is 6.42 Å². The minimum absolute atomic E-state index is 0.00826. The normalized spacial score (nSPS) is 10.8. The topological polar surface area (TPSA) is 57.1 Å². The SMILES string of the molecule is C#CC(C)(C)Oc1nc(Cl)nc(OCCC)n1. The highest BCUT2D eigenvalue weighted by Gasteiger charge is 2.19. The highest BCUT2D eigenvalue weighted by Crippen LogP contribution is 2.17. The Labute approximate surface area is 106 Å². The van der Waals surface area contributed by atoms with Gasteiger partial charge in [-0.05, 0) is 31.9 Å². The van der Waals surface area contributed by atoms with Crippen LogP contribution in [0.4, 0.5) is 0 Å². The van der Waals surface area contributed by atoms with Crippen molar-refractivity contribution in [2.24, 2.45) is 0 Å². The fourth-order valence-corrected chi connectivity index (χ4v) is 1.02. The number of terminal acetylenes is 1. The van der Waals surface area contributed by atoms with E-state index in [4.69, 9.17) is 27.5 Å². The second-order valence-corrected chi connectivity index (χ2v) is 4.11. The number of hydrogen-bond acceptors (Lipinski definition) is 5. The van der Waals surface area contributed by atoms with Crippen molar-refractivity contribution in [3.63, 3.8) is 0 Å². The first kappa shape index (κ1) is 13.5. The molecule has 5 nitrogen and oxygen atoms in total. The number of ether oxygens (including phenoxy) is 2. The van der Waals surface area contributed by atoms with E-state index < -0.39 is 5.60 Å². The zero-order valence-electron chi connectivity index (χ0n) is 10.0. The van der Waals surface area contributed by atoms with Crippen LogP contribution in [-0.4, -0.2) is 27.2 Å². The molecule has 0 atom stereocenters. The van der Waals surface area contributed by atoms with E-state index in [2.05, 4.69) is 20.9 Å². The molecule has 1 rings (SSSR count). The van der Waals surface area contributed by atoms with Gasteiger partial charge in [0.2, 0.25) is 5.28 Å². The minimum atomic E-state index is -0.813. The molecule has 0 saturated carbocycles. The lowest BCUT2D eigenvalue weighted by Gasteiger charge is -2.18. The Morgan fingerprint density at radius 1 is 1.29 bits per heavy atom. The van der Waals surface area contributed by atoms with Crippen molar-refractivity contribution < 1.29 is 9.47 Å². The van der Waals surface area contributed by atoms with Crippen LogP contribution in [0.1, 0.15) is 27.2 Å². The van der Waals surface area contributed by atoms with Crippen molar-refractivity contribution in [2.75, 3.05) is 6.61 Å². The summed E-state index contributed by atoms with van der Waals surface area (Å²) in [6.45, 7) is 5.91. The molecule has 0 unspecified atom stereocenters. The molecule has 0 N–H and O–H groups in total. The Morgan fingerprint density at radius 3 is 2.53 bits per heavy atom. The van der Waals surface area contributed by atoms with Crippen LogP contribution in [0.3, 0.4) is 0 Å². The molecule has 0 aliphatic rings. The Kier molecular flexibility index (Phi) is 4.53. The minimum Gasteiger partial charge on any atom is -0.463 e. The third-order valence-corrected chi connectivity index (χ3v) is 1.87. The molecule has 1 heterocycles. The Balaban J connectivity index is 2.86. The van der Waals surface area contributed by atoms with E-state index in [9.17, 15) is 0 Å². The van der Waals surface area contributed by atoms with E-state index in [1.165, 1.54) is 0 Å². The second-order valence-electron chi connectivity index (χ2n) is 3.77. The molecular weight excluding hydrogens is 242 g/mol. The van der Waals surface area contributed by atoms with Gasteiger partial charge in [0, 0.05) is 0 Å². The van der Waals surface area contributed by atoms with Crippen molar-refractivity contribution >= 4 is 11.6 Å². The zero-order chi connectivity index (χ0) is 12.9. The highest BCUT2D eigenvalue weighted by molar-refractivity contribution is 6.28. The summed E-state index contributed by atoms with van der Waals surface area (Å²) in [5.41, 5.74) is -0.813. The first-order chi connectivity index (χ1) is 7.96. The van der Waals surface area contributed by atoms with Crippen LogP contribution in [0.5, 0.6) is 12.0 Å². The van der Waals surface area contributed by atoms with Gasteiger partial charge in [-0.25, -0.2) is 0 Å². The van der Waals surface area contributed by atoms with Gasteiger partial charge < -0.3 is 9.47 Å². The van der Waals surface area contributed by atoms with Crippen LogP contribution in [0, 0.1) is 12.3 Å². The number of halogens is 1. The summed E-state index contributed by atoms with van der Waals surface area (Å²) >= 11 is 5.73. The lowest BCUT2D eigenvalue weighted by Crippen LogP contribution is -2.26. The monoisotopic (exact) mass is 255 g/mol. The summed E-state index contributed by atoms with van der Waals surface area (Å²) in [5.74, 6) is 2.47. The lowest BCUT2D eigenvalue weighted by molar-refractivity contribution is 0.152. The van der Waals surface area contributed by atoms with E-state index in [1.54, 1.807) is 13.8 Å². The molecule has 0 spiro atoms. The maximum absolute atomic E-state index is 5.73. The summed E-state index contributed by atoms with van der Waals surface area (Å²) in [6.07, 6.45) is 6.14. The molecule has 6 heteroatoms. The fraction of sp³-hybridized carbons (Fsp3) is 0.545. The van der Waals surface area contributed by atoms with Crippen LogP contribution in [0.2, 0.25) is 5.28 Å². The molecule has 0 fully saturated rings. The first-order valence-corrected chi connectivity index (χ1v) is 5.56. The Bertz CT molecular complexity index is 429. The van der Waals surface area contributed by atoms with E-state index in [1.807, 2.05) is 6.92 Å². The van der Waals surface area contributed by atoms with E-state index in [-0.39, 0.29) is 17.3 Å². The van der Waals surface area contributed by atoms with Gasteiger partial charge in [-0.15, -0.1) is 11.4 Å². The summed E-state index contributed by atoms with van der Waals surface area (Å²) in [4.78, 5) is 11.6. The predicted octanol–water partition coefficient (Wildman–Crippen LogP) is 2.10. The lowest BCUT2D eigenvalue weighted by atomic mass is 10.2. The summed E-state index contributed by atoms with van der Waals surface area (Å²) in [7, 11) is 0. The Morgan fingerprint density at radius 2 is 1.94 bits per heavy atom. The summed E-state index contributed by atoms with van der Waals surface area (Å²) < 4.78 is 10.6. The van der Waals surface area contributed by atoms with Gasteiger partial charge in [0.25, 0.3) is 0 Å². The van der Waals surface area contributed by atoms with Crippen LogP contribution in [-0.2, 0) is 0 Å². The van der Waals surface area contributed by atoms with Crippen LogP contribution in [0.25, 0.3) is 0 Å². The van der Waals surface area contributed by atoms with Gasteiger partial charge in [0.05, 0.1) is 6.61 Å². The van der Waals surface area contributed by atoms with Crippen molar-refractivity contribution in [1.29, 1.82) is 0 Å². The molecule has 1 aromatic heterocycles. The standard InChI is InChI=1S/C11H14ClN3O2/c1-5-7-16-9-13-8(12)14-10(15-9)17-11(3,4)6-2/h2H,5,7H2,1,3-4H3. The zero-order valence-corrected chi connectivity index (χ0v) is 10.8. The third-order valence-electron chi connectivity index (χ3n) is 1.70. The van der Waals surface area contributed by atoms with E-state index in [0.29, 0.717) is 6.61 Å². The molecule has 0 aromatic carbocycles. The molecule has 0 aliphatic heterocycles. The maximum Gasteiger partial charge on any atom is 0.325 e. The maximum atomic E-state index is 5.73. The fourth-order valence-electron chi connectivity index (χ4n) is 0.876. The molecular formula is C11H14ClN3O2. The van der Waals surface area contributed by atoms with E-state index >= 15 is 0 Å². The van der Waals surface area contributed by atoms with Crippen LogP contribution >= 0.6 is 11.6 Å². The molecule has 0 aliphatic carbocycles. The van der Waals surface area contributed by atoms with Crippen molar-refractivity contribution in [3.05, 3.63) is 5.28 Å². The highest BCUT2D eigenvalue weighted by atomic mass is 35.5. The third kappa shape index (κ3) is 4.45. The van der Waals surface area contributed by atoms with Gasteiger partial charge in [-0.2, -0.15) is 9.97 Å². The molecule has 0 saturated heterocycles. The quantitative estimate of drug-likeness (QED) is 0.754. The van der Waals surface area contributed by atoms with Crippen molar-refractivity contribution in [3.8, 4) is 24.4 Å². The Hall–Kier alpha value is -1.54. The molecule has 1 aromatic rings. The molecule has 92 valence electrons. The molecule has 0 radical (unpaired) electrons. The predicted molar refractivity (Wildman–Crippen MR) is 64.2 cm³/mol. The van der Waals surface area contributed by atoms with Crippen LogP contribution < -0.4 is 9.47 Å². The van der Waals surface area contributed by atoms with Crippen molar-refractivity contribution in [2.45, 2.75) is 32.8 Å².